The summed E-state index contributed by atoms with van der Waals surface area (Å²) in [6.07, 6.45) is 0.679. The largest absolute Gasteiger partial charge is 0.330 e. The average Bonchev–Trinajstić information content (AvgIpc) is 2.58. The Morgan fingerprint density at radius 1 is 1.44 bits per heavy atom. The van der Waals surface area contributed by atoms with Crippen molar-refractivity contribution in [1.29, 1.82) is 0 Å². The first kappa shape index (κ1) is 13.2. The molecule has 96 valence electrons. The van der Waals surface area contributed by atoms with Crippen molar-refractivity contribution >= 4 is 15.9 Å². The van der Waals surface area contributed by atoms with E-state index in [2.05, 4.69) is 21.0 Å². The maximum absolute atomic E-state index is 14.0. The lowest BCUT2D eigenvalue weighted by molar-refractivity contribution is 0.630. The molecule has 0 fully saturated rings. The minimum atomic E-state index is -0.243. The van der Waals surface area contributed by atoms with Gasteiger partial charge in [0.25, 0.3) is 0 Å². The molecule has 0 unspecified atom stereocenters. The average molecular weight is 312 g/mol. The van der Waals surface area contributed by atoms with Gasteiger partial charge in [-0.15, -0.1) is 0 Å². The van der Waals surface area contributed by atoms with Crippen LogP contribution in [0.4, 0.5) is 4.39 Å². The van der Waals surface area contributed by atoms with Crippen LogP contribution in [0.15, 0.2) is 22.7 Å². The van der Waals surface area contributed by atoms with E-state index in [-0.39, 0.29) is 5.82 Å². The molecule has 3 nitrogen and oxygen atoms in total. The third kappa shape index (κ3) is 2.33. The second-order valence-electron chi connectivity index (χ2n) is 4.19. The molecule has 2 N–H and O–H groups in total. The predicted octanol–water partition coefficient (Wildman–Crippen LogP) is 2.80. The summed E-state index contributed by atoms with van der Waals surface area (Å²) in [5.41, 5.74) is 8.81. The highest BCUT2D eigenvalue weighted by molar-refractivity contribution is 9.10. The number of hydrogen-bond acceptors (Lipinski definition) is 2. The Kier molecular flexibility index (Phi) is 3.82. The summed E-state index contributed by atoms with van der Waals surface area (Å²) in [5, 5.41) is 4.36. The van der Waals surface area contributed by atoms with E-state index in [9.17, 15) is 4.39 Å². The zero-order chi connectivity index (χ0) is 13.3. The summed E-state index contributed by atoms with van der Waals surface area (Å²) in [4.78, 5) is 0. The van der Waals surface area contributed by atoms with Crippen molar-refractivity contribution in [1.82, 2.24) is 9.78 Å². The smallest absolute Gasteiger partial charge is 0.131 e. The Balaban J connectivity index is 2.66. The topological polar surface area (TPSA) is 43.8 Å². The summed E-state index contributed by atoms with van der Waals surface area (Å²) in [6.45, 7) is 2.40. The van der Waals surface area contributed by atoms with Gasteiger partial charge in [-0.3, -0.25) is 4.68 Å². The van der Waals surface area contributed by atoms with E-state index >= 15 is 0 Å². The molecule has 2 aromatic rings. The highest BCUT2D eigenvalue weighted by Gasteiger charge is 2.17. The van der Waals surface area contributed by atoms with Gasteiger partial charge < -0.3 is 5.73 Å². The fraction of sp³-hybridized carbons (Fsp3) is 0.308. The number of nitrogens with zero attached hydrogens (tertiary/aromatic N) is 2. The van der Waals surface area contributed by atoms with Crippen molar-refractivity contribution in [2.75, 3.05) is 6.54 Å². The normalized spacial score (nSPS) is 10.9. The molecule has 0 aliphatic carbocycles. The lowest BCUT2D eigenvalue weighted by atomic mass is 10.0. The van der Waals surface area contributed by atoms with E-state index in [1.165, 1.54) is 6.07 Å². The number of nitrogens with two attached hydrogens (primary N) is 1. The lowest BCUT2D eigenvalue weighted by Crippen LogP contribution is -2.08. The summed E-state index contributed by atoms with van der Waals surface area (Å²) >= 11 is 3.37. The van der Waals surface area contributed by atoms with Crippen LogP contribution in [0.2, 0.25) is 0 Å². The van der Waals surface area contributed by atoms with Crippen molar-refractivity contribution in [3.63, 3.8) is 0 Å². The maximum atomic E-state index is 14.0. The van der Waals surface area contributed by atoms with Crippen molar-refractivity contribution in [3.05, 3.63) is 39.9 Å². The van der Waals surface area contributed by atoms with Crippen molar-refractivity contribution in [2.24, 2.45) is 12.8 Å². The number of hydrogen-bond donors (Lipinski definition) is 1. The molecule has 0 aliphatic rings. The van der Waals surface area contributed by atoms with Gasteiger partial charge >= 0.3 is 0 Å². The zero-order valence-corrected chi connectivity index (χ0v) is 12.0. The first-order valence-corrected chi connectivity index (χ1v) is 6.52. The third-order valence-electron chi connectivity index (χ3n) is 2.92. The van der Waals surface area contributed by atoms with Crippen LogP contribution in [0.3, 0.4) is 0 Å². The SMILES string of the molecule is Cc1nn(C)c(CCN)c1-c1cc(Br)ccc1F. The Morgan fingerprint density at radius 2 is 2.17 bits per heavy atom. The van der Waals surface area contributed by atoms with E-state index in [0.29, 0.717) is 18.5 Å². The molecule has 18 heavy (non-hydrogen) atoms. The van der Waals surface area contributed by atoms with Gasteiger partial charge in [0.2, 0.25) is 0 Å². The summed E-state index contributed by atoms with van der Waals surface area (Å²) in [5.74, 6) is -0.243. The third-order valence-corrected chi connectivity index (χ3v) is 3.41. The van der Waals surface area contributed by atoms with E-state index in [1.54, 1.807) is 16.8 Å². The van der Waals surface area contributed by atoms with Crippen molar-refractivity contribution in [3.8, 4) is 11.1 Å². The molecule has 2 rings (SSSR count). The summed E-state index contributed by atoms with van der Waals surface area (Å²) in [6, 6.07) is 4.92. The molecule has 5 heteroatoms. The minimum absolute atomic E-state index is 0.243. The minimum Gasteiger partial charge on any atom is -0.330 e. The molecule has 0 saturated heterocycles. The second-order valence-corrected chi connectivity index (χ2v) is 5.11. The molecule has 1 aromatic carbocycles. The fourth-order valence-electron chi connectivity index (χ4n) is 2.17. The first-order valence-electron chi connectivity index (χ1n) is 5.72. The number of benzene rings is 1. The molecule has 0 radical (unpaired) electrons. The summed E-state index contributed by atoms with van der Waals surface area (Å²) < 4.78 is 16.6. The molecule has 0 amide bonds. The molecule has 0 saturated carbocycles. The van der Waals surface area contributed by atoms with Crippen LogP contribution in [0.1, 0.15) is 11.4 Å². The van der Waals surface area contributed by atoms with Crippen LogP contribution in [-0.4, -0.2) is 16.3 Å². The molecule has 0 atom stereocenters. The Hall–Kier alpha value is -1.20. The Labute approximate surface area is 114 Å². The second kappa shape index (κ2) is 5.20. The van der Waals surface area contributed by atoms with Gasteiger partial charge in [0.05, 0.1) is 5.69 Å². The van der Waals surface area contributed by atoms with Crippen LogP contribution in [0, 0.1) is 12.7 Å². The van der Waals surface area contributed by atoms with Crippen LogP contribution in [-0.2, 0) is 13.5 Å². The van der Waals surface area contributed by atoms with Crippen LogP contribution < -0.4 is 5.73 Å². The number of halogens is 2. The van der Waals surface area contributed by atoms with Crippen LogP contribution in [0.25, 0.3) is 11.1 Å². The quantitative estimate of drug-likeness (QED) is 0.947. The first-order chi connectivity index (χ1) is 8.54. The van der Waals surface area contributed by atoms with E-state index in [4.69, 9.17) is 5.73 Å². The highest BCUT2D eigenvalue weighted by atomic mass is 79.9. The van der Waals surface area contributed by atoms with Gasteiger partial charge in [-0.2, -0.15) is 5.10 Å². The number of aromatic nitrogens is 2. The van der Waals surface area contributed by atoms with Crippen molar-refractivity contribution < 1.29 is 4.39 Å². The van der Waals surface area contributed by atoms with Gasteiger partial charge in [0, 0.05) is 34.8 Å². The lowest BCUT2D eigenvalue weighted by Gasteiger charge is -2.07. The standard InChI is InChI=1S/C13H15BrFN3/c1-8-13(12(5-6-16)18(2)17-8)10-7-9(14)3-4-11(10)15/h3-4,7H,5-6,16H2,1-2H3. The molecule has 1 aromatic heterocycles. The highest BCUT2D eigenvalue weighted by Crippen LogP contribution is 2.31. The van der Waals surface area contributed by atoms with Gasteiger partial charge in [-0.1, -0.05) is 15.9 Å². The maximum Gasteiger partial charge on any atom is 0.131 e. The summed E-state index contributed by atoms with van der Waals surface area (Å²) in [7, 11) is 1.86. The Bertz CT molecular complexity index is 578. The van der Waals surface area contributed by atoms with Crippen LogP contribution >= 0.6 is 15.9 Å². The van der Waals surface area contributed by atoms with E-state index < -0.39 is 0 Å². The molecular formula is C13H15BrFN3. The monoisotopic (exact) mass is 311 g/mol. The zero-order valence-electron chi connectivity index (χ0n) is 10.4. The molecule has 0 aliphatic heterocycles. The van der Waals surface area contributed by atoms with Gasteiger partial charge in [-0.25, -0.2) is 4.39 Å². The number of aryl methyl sites for hydroxylation is 2. The Morgan fingerprint density at radius 3 is 2.83 bits per heavy atom. The van der Waals surface area contributed by atoms with Crippen molar-refractivity contribution in [2.45, 2.75) is 13.3 Å². The van der Waals surface area contributed by atoms with E-state index in [1.807, 2.05) is 14.0 Å². The molecule has 0 bridgehead atoms. The van der Waals surface area contributed by atoms with Gasteiger partial charge in [0.1, 0.15) is 5.82 Å². The van der Waals surface area contributed by atoms with Gasteiger partial charge in [0.15, 0.2) is 0 Å². The predicted molar refractivity (Wildman–Crippen MR) is 73.8 cm³/mol. The van der Waals surface area contributed by atoms with Gasteiger partial charge in [-0.05, 0) is 31.7 Å². The van der Waals surface area contributed by atoms with E-state index in [0.717, 1.165) is 21.4 Å². The molecule has 0 spiro atoms. The molecule has 1 heterocycles. The fourth-order valence-corrected chi connectivity index (χ4v) is 2.53. The van der Waals surface area contributed by atoms with Crippen LogP contribution in [0.5, 0.6) is 0 Å². The molecular weight excluding hydrogens is 297 g/mol. The number of rotatable bonds is 3.